The van der Waals surface area contributed by atoms with Crippen molar-refractivity contribution >= 4 is 0 Å². The minimum atomic E-state index is 0.518. The van der Waals surface area contributed by atoms with E-state index in [-0.39, 0.29) is 0 Å². The number of nitrogens with zero attached hydrogens (tertiary/aromatic N) is 1. The second kappa shape index (κ2) is 3.78. The molecule has 1 rings (SSSR count). The molecule has 0 bridgehead atoms. The van der Waals surface area contributed by atoms with Crippen molar-refractivity contribution in [3.8, 4) is 6.07 Å². The van der Waals surface area contributed by atoms with Crippen LogP contribution in [0.2, 0.25) is 0 Å². The van der Waals surface area contributed by atoms with Gasteiger partial charge in [0.2, 0.25) is 0 Å². The van der Waals surface area contributed by atoms with Gasteiger partial charge in [0, 0.05) is 0 Å². The van der Waals surface area contributed by atoms with E-state index in [1.165, 1.54) is 5.56 Å². The molecule has 0 saturated heterocycles. The molecule has 0 unspecified atom stereocenters. The van der Waals surface area contributed by atoms with Gasteiger partial charge in [-0.25, -0.2) is 0 Å². The number of hydrogen-bond acceptors (Lipinski definition) is 1. The fourth-order valence-electron chi connectivity index (χ4n) is 0.984. The average Bonchev–Trinajstić information content (AvgIpc) is 2.07. The lowest BCUT2D eigenvalue weighted by Crippen LogP contribution is -1.83. The highest BCUT2D eigenvalue weighted by molar-refractivity contribution is 5.24. The summed E-state index contributed by atoms with van der Waals surface area (Å²) in [5.41, 5.74) is 2.43. The summed E-state index contributed by atoms with van der Waals surface area (Å²) in [4.78, 5) is 0. The average molecular weight is 145 g/mol. The third-order valence-electron chi connectivity index (χ3n) is 1.71. The summed E-state index contributed by atoms with van der Waals surface area (Å²) >= 11 is 0. The number of benzene rings is 1. The molecule has 0 saturated carbocycles. The van der Waals surface area contributed by atoms with E-state index < -0.39 is 0 Å². The number of nitriles is 1. The summed E-state index contributed by atoms with van der Waals surface area (Å²) in [6, 6.07) is 10.3. The zero-order chi connectivity index (χ0) is 8.10. The summed E-state index contributed by atoms with van der Waals surface area (Å²) in [5, 5.41) is 8.40. The summed E-state index contributed by atoms with van der Waals surface area (Å²) in [6.45, 7) is 2.12. The van der Waals surface area contributed by atoms with E-state index in [1.54, 1.807) is 0 Å². The molecule has 56 valence electrons. The Bertz CT molecular complexity index is 253. The van der Waals surface area contributed by atoms with E-state index in [4.69, 9.17) is 5.26 Å². The molecule has 1 aromatic rings. The zero-order valence-electron chi connectivity index (χ0n) is 6.67. The highest BCUT2D eigenvalue weighted by Crippen LogP contribution is 2.04. The standard InChI is InChI=1S/C10H11N/c1-2-9-3-5-10(6-4-9)7-8-11/h3-6H,2,7H2,1H3. The van der Waals surface area contributed by atoms with Crippen molar-refractivity contribution in [2.75, 3.05) is 0 Å². The van der Waals surface area contributed by atoms with Gasteiger partial charge in [-0.05, 0) is 17.5 Å². The Morgan fingerprint density at radius 1 is 1.18 bits per heavy atom. The lowest BCUT2D eigenvalue weighted by atomic mass is 10.1. The topological polar surface area (TPSA) is 23.8 Å². The second-order valence-electron chi connectivity index (χ2n) is 2.50. The molecule has 1 nitrogen and oxygen atoms in total. The lowest BCUT2D eigenvalue weighted by molar-refractivity contribution is 1.13. The van der Waals surface area contributed by atoms with E-state index in [1.807, 2.05) is 12.1 Å². The summed E-state index contributed by atoms with van der Waals surface area (Å²) in [7, 11) is 0. The van der Waals surface area contributed by atoms with Crippen molar-refractivity contribution in [1.82, 2.24) is 0 Å². The molecule has 0 heterocycles. The fraction of sp³-hybridized carbons (Fsp3) is 0.300. The van der Waals surface area contributed by atoms with Gasteiger partial charge in [-0.3, -0.25) is 0 Å². The Balaban J connectivity index is 2.76. The van der Waals surface area contributed by atoms with E-state index >= 15 is 0 Å². The van der Waals surface area contributed by atoms with Crippen molar-refractivity contribution in [3.05, 3.63) is 35.4 Å². The fourth-order valence-corrected chi connectivity index (χ4v) is 0.984. The van der Waals surface area contributed by atoms with Gasteiger partial charge in [-0.1, -0.05) is 31.2 Å². The van der Waals surface area contributed by atoms with Crippen molar-refractivity contribution in [2.24, 2.45) is 0 Å². The van der Waals surface area contributed by atoms with Crippen molar-refractivity contribution in [2.45, 2.75) is 19.8 Å². The van der Waals surface area contributed by atoms with Crippen molar-refractivity contribution in [1.29, 1.82) is 5.26 Å². The van der Waals surface area contributed by atoms with Crippen LogP contribution >= 0.6 is 0 Å². The van der Waals surface area contributed by atoms with E-state index in [2.05, 4.69) is 25.1 Å². The van der Waals surface area contributed by atoms with Crippen LogP contribution in [0, 0.1) is 11.3 Å². The van der Waals surface area contributed by atoms with Crippen LogP contribution in [0.5, 0.6) is 0 Å². The maximum Gasteiger partial charge on any atom is 0.0669 e. The first-order valence-electron chi connectivity index (χ1n) is 3.81. The van der Waals surface area contributed by atoms with Gasteiger partial charge in [0.15, 0.2) is 0 Å². The van der Waals surface area contributed by atoms with Gasteiger partial charge in [0.05, 0.1) is 12.5 Å². The van der Waals surface area contributed by atoms with Gasteiger partial charge < -0.3 is 0 Å². The van der Waals surface area contributed by atoms with Gasteiger partial charge in [0.25, 0.3) is 0 Å². The SMILES string of the molecule is CCc1ccc(CC#N)cc1. The van der Waals surface area contributed by atoms with Crippen LogP contribution in [0.3, 0.4) is 0 Å². The van der Waals surface area contributed by atoms with Crippen LogP contribution in [0.4, 0.5) is 0 Å². The zero-order valence-corrected chi connectivity index (χ0v) is 6.67. The van der Waals surface area contributed by atoms with Crippen molar-refractivity contribution in [3.63, 3.8) is 0 Å². The molecular formula is C10H11N. The Morgan fingerprint density at radius 3 is 2.18 bits per heavy atom. The monoisotopic (exact) mass is 145 g/mol. The third-order valence-corrected chi connectivity index (χ3v) is 1.71. The molecule has 0 aliphatic heterocycles. The number of aryl methyl sites for hydroxylation is 1. The Labute approximate surface area is 67.3 Å². The van der Waals surface area contributed by atoms with Crippen LogP contribution in [0.25, 0.3) is 0 Å². The van der Waals surface area contributed by atoms with Crippen LogP contribution in [0.1, 0.15) is 18.1 Å². The van der Waals surface area contributed by atoms with E-state index in [0.29, 0.717) is 6.42 Å². The van der Waals surface area contributed by atoms with E-state index in [9.17, 15) is 0 Å². The van der Waals surface area contributed by atoms with Crippen LogP contribution < -0.4 is 0 Å². The van der Waals surface area contributed by atoms with Crippen LogP contribution in [0.15, 0.2) is 24.3 Å². The molecule has 0 aromatic heterocycles. The van der Waals surface area contributed by atoms with Gasteiger partial charge in [-0.2, -0.15) is 5.26 Å². The quantitative estimate of drug-likeness (QED) is 0.626. The second-order valence-corrected chi connectivity index (χ2v) is 2.50. The molecule has 0 fully saturated rings. The highest BCUT2D eigenvalue weighted by Gasteiger charge is 1.90. The van der Waals surface area contributed by atoms with Crippen LogP contribution in [-0.2, 0) is 12.8 Å². The molecule has 1 aromatic carbocycles. The smallest absolute Gasteiger partial charge is 0.0669 e. The molecule has 11 heavy (non-hydrogen) atoms. The molecular weight excluding hydrogens is 134 g/mol. The highest BCUT2D eigenvalue weighted by atomic mass is 14.2. The predicted octanol–water partition coefficient (Wildman–Crippen LogP) is 2.32. The first kappa shape index (κ1) is 7.81. The maximum absolute atomic E-state index is 8.40. The normalized spacial score (nSPS) is 9.09. The molecule has 0 atom stereocenters. The summed E-state index contributed by atoms with van der Waals surface area (Å²) < 4.78 is 0. The predicted molar refractivity (Wildman–Crippen MR) is 45.1 cm³/mol. The Morgan fingerprint density at radius 2 is 1.73 bits per heavy atom. The molecule has 0 aliphatic rings. The summed E-state index contributed by atoms with van der Waals surface area (Å²) in [6.07, 6.45) is 1.58. The number of hydrogen-bond donors (Lipinski definition) is 0. The van der Waals surface area contributed by atoms with E-state index in [0.717, 1.165) is 12.0 Å². The Kier molecular flexibility index (Phi) is 2.68. The van der Waals surface area contributed by atoms with Gasteiger partial charge in [0.1, 0.15) is 0 Å². The third kappa shape index (κ3) is 2.09. The molecule has 0 N–H and O–H groups in total. The minimum absolute atomic E-state index is 0.518. The Hall–Kier alpha value is -1.29. The summed E-state index contributed by atoms with van der Waals surface area (Å²) in [5.74, 6) is 0. The largest absolute Gasteiger partial charge is 0.198 e. The van der Waals surface area contributed by atoms with Crippen molar-refractivity contribution < 1.29 is 0 Å². The maximum atomic E-state index is 8.40. The molecule has 0 spiro atoms. The molecule has 0 amide bonds. The van der Waals surface area contributed by atoms with Crippen LogP contribution in [-0.4, -0.2) is 0 Å². The number of rotatable bonds is 2. The first-order valence-corrected chi connectivity index (χ1v) is 3.81. The van der Waals surface area contributed by atoms with Gasteiger partial charge in [-0.15, -0.1) is 0 Å². The van der Waals surface area contributed by atoms with Gasteiger partial charge >= 0.3 is 0 Å². The molecule has 0 aliphatic carbocycles. The first-order chi connectivity index (χ1) is 5.36. The molecule has 1 heteroatoms. The molecule has 0 radical (unpaired) electrons. The lowest BCUT2D eigenvalue weighted by Gasteiger charge is -1.96. The minimum Gasteiger partial charge on any atom is -0.198 e.